The molecule has 0 atom stereocenters. The number of carbonyl (C=O) groups excluding carboxylic acids is 2. The Labute approximate surface area is 201 Å². The Morgan fingerprint density at radius 1 is 1.12 bits per heavy atom. The highest BCUT2D eigenvalue weighted by atomic mass is 35.5. The Morgan fingerprint density at radius 2 is 1.82 bits per heavy atom. The summed E-state index contributed by atoms with van der Waals surface area (Å²) in [5.74, 6) is -0.355. The summed E-state index contributed by atoms with van der Waals surface area (Å²) >= 11 is 5.98. The average Bonchev–Trinajstić information content (AvgIpc) is 2.88. The van der Waals surface area contributed by atoms with Gasteiger partial charge >= 0.3 is 5.97 Å². The molecule has 0 aliphatic carbocycles. The van der Waals surface area contributed by atoms with Crippen molar-refractivity contribution in [3.63, 3.8) is 0 Å². The second-order valence-corrected chi connectivity index (χ2v) is 9.41. The number of hydrogen-bond acceptors (Lipinski definition) is 4. The van der Waals surface area contributed by atoms with Gasteiger partial charge in [0, 0.05) is 35.3 Å². The molecule has 0 aromatic heterocycles. The molecule has 2 aromatic rings. The summed E-state index contributed by atoms with van der Waals surface area (Å²) in [5, 5.41) is 3.40. The molecule has 0 spiro atoms. The molecule has 1 N–H and O–H groups in total. The van der Waals surface area contributed by atoms with Crippen molar-refractivity contribution in [2.75, 3.05) is 11.9 Å². The molecule has 0 saturated carbocycles. The van der Waals surface area contributed by atoms with Crippen molar-refractivity contribution in [2.24, 2.45) is 5.41 Å². The smallest absolute Gasteiger partial charge is 0.342 e. The van der Waals surface area contributed by atoms with Crippen LogP contribution in [0.3, 0.4) is 0 Å². The number of nitrogens with one attached hydrogen (secondary N) is 1. The van der Waals surface area contributed by atoms with E-state index in [4.69, 9.17) is 16.3 Å². The monoisotopic (exact) mass is 466 g/mol. The fourth-order valence-electron chi connectivity index (χ4n) is 3.69. The van der Waals surface area contributed by atoms with Crippen LogP contribution in [0.25, 0.3) is 0 Å². The molecule has 0 fully saturated rings. The number of amides is 1. The molecule has 1 heterocycles. The predicted octanol–water partition coefficient (Wildman–Crippen LogP) is 6.13. The number of rotatable bonds is 6. The lowest BCUT2D eigenvalue weighted by Crippen LogP contribution is -2.35. The second kappa shape index (κ2) is 10.3. The standard InChI is InChI=1S/C27H31ClN2O3/c1-18(2)33-26(32)23-16-30(25(31)21-11-9-10-20(14-21)15-28)17-27(4,5)19(3)24(23)29-22-12-7-6-8-13-22/h6-14,16,18,29H,15,17H2,1-5H3. The van der Waals surface area contributed by atoms with Crippen molar-refractivity contribution in [3.05, 3.63) is 88.8 Å². The van der Waals surface area contributed by atoms with Gasteiger partial charge in [-0.3, -0.25) is 4.79 Å². The van der Waals surface area contributed by atoms with E-state index in [1.54, 1.807) is 37.1 Å². The first-order chi connectivity index (χ1) is 15.6. The lowest BCUT2D eigenvalue weighted by Gasteiger charge is -2.31. The molecule has 1 aliphatic heterocycles. The number of alkyl halides is 1. The van der Waals surface area contributed by atoms with Gasteiger partial charge in [0.15, 0.2) is 0 Å². The number of benzene rings is 2. The zero-order valence-corrected chi connectivity index (χ0v) is 20.6. The minimum atomic E-state index is -0.479. The van der Waals surface area contributed by atoms with Crippen LogP contribution in [0.4, 0.5) is 5.69 Å². The van der Waals surface area contributed by atoms with E-state index in [2.05, 4.69) is 19.2 Å². The first-order valence-corrected chi connectivity index (χ1v) is 11.6. The quantitative estimate of drug-likeness (QED) is 0.411. The highest BCUT2D eigenvalue weighted by Crippen LogP contribution is 2.37. The van der Waals surface area contributed by atoms with Crippen LogP contribution in [0, 0.1) is 5.41 Å². The molecular formula is C27H31ClN2O3. The average molecular weight is 467 g/mol. The normalized spacial score (nSPS) is 15.7. The molecule has 0 saturated heterocycles. The number of esters is 1. The summed E-state index contributed by atoms with van der Waals surface area (Å²) in [5.41, 5.74) is 3.75. The van der Waals surface area contributed by atoms with E-state index >= 15 is 0 Å². The Balaban J connectivity index is 2.11. The highest BCUT2D eigenvalue weighted by molar-refractivity contribution is 6.17. The minimum absolute atomic E-state index is 0.196. The molecule has 6 heteroatoms. The number of halogens is 1. The molecule has 33 heavy (non-hydrogen) atoms. The molecule has 1 amide bonds. The third-order valence-corrected chi connectivity index (χ3v) is 6.01. The first kappa shape index (κ1) is 24.6. The Bertz CT molecular complexity index is 1090. The Hall–Kier alpha value is -3.05. The van der Waals surface area contributed by atoms with Crippen molar-refractivity contribution >= 4 is 29.2 Å². The van der Waals surface area contributed by atoms with Gasteiger partial charge in [0.2, 0.25) is 0 Å². The molecule has 3 rings (SSSR count). The Kier molecular flexibility index (Phi) is 7.65. The van der Waals surface area contributed by atoms with Crippen LogP contribution in [0.2, 0.25) is 0 Å². The predicted molar refractivity (Wildman–Crippen MR) is 133 cm³/mol. The molecule has 2 aromatic carbocycles. The summed E-state index contributed by atoms with van der Waals surface area (Å²) in [6.07, 6.45) is 1.32. The third kappa shape index (κ3) is 5.85. The van der Waals surface area contributed by atoms with E-state index < -0.39 is 11.4 Å². The largest absolute Gasteiger partial charge is 0.459 e. The minimum Gasteiger partial charge on any atom is -0.459 e. The SMILES string of the molecule is CC1=C(Nc2ccccc2)C(C(=O)OC(C)C)=CN(C(=O)c2cccc(CCl)c2)CC1(C)C. The third-order valence-electron chi connectivity index (χ3n) is 5.70. The highest BCUT2D eigenvalue weighted by Gasteiger charge is 2.35. The van der Waals surface area contributed by atoms with Gasteiger partial charge < -0.3 is 15.0 Å². The van der Waals surface area contributed by atoms with Crippen LogP contribution in [0.15, 0.2) is 77.6 Å². The number of para-hydroxylation sites is 1. The van der Waals surface area contributed by atoms with E-state index in [9.17, 15) is 9.59 Å². The van der Waals surface area contributed by atoms with Gasteiger partial charge in [0.25, 0.3) is 5.91 Å². The maximum absolute atomic E-state index is 13.5. The molecule has 0 bridgehead atoms. The number of ether oxygens (including phenoxy) is 1. The van der Waals surface area contributed by atoms with E-state index in [0.717, 1.165) is 16.8 Å². The molecule has 1 aliphatic rings. The number of nitrogens with zero attached hydrogens (tertiary/aromatic N) is 1. The van der Waals surface area contributed by atoms with E-state index in [0.29, 0.717) is 29.3 Å². The van der Waals surface area contributed by atoms with Gasteiger partial charge in [-0.1, -0.05) is 44.2 Å². The van der Waals surface area contributed by atoms with Crippen molar-refractivity contribution in [1.82, 2.24) is 4.90 Å². The summed E-state index contributed by atoms with van der Waals surface area (Å²) in [4.78, 5) is 28.3. The summed E-state index contributed by atoms with van der Waals surface area (Å²) < 4.78 is 5.56. The second-order valence-electron chi connectivity index (χ2n) is 9.14. The van der Waals surface area contributed by atoms with Gasteiger partial charge in [0.1, 0.15) is 0 Å². The fraction of sp³-hybridized carbons (Fsp3) is 0.333. The van der Waals surface area contributed by atoms with Gasteiger partial charge in [-0.05, 0) is 56.2 Å². The topological polar surface area (TPSA) is 58.6 Å². The van der Waals surface area contributed by atoms with Crippen molar-refractivity contribution in [1.29, 1.82) is 0 Å². The summed E-state index contributed by atoms with van der Waals surface area (Å²) in [6.45, 7) is 10.1. The molecule has 174 valence electrons. The first-order valence-electron chi connectivity index (χ1n) is 11.0. The number of carbonyl (C=O) groups is 2. The zero-order chi connectivity index (χ0) is 24.2. The van der Waals surface area contributed by atoms with Crippen LogP contribution in [-0.2, 0) is 15.4 Å². The molecular weight excluding hydrogens is 436 g/mol. The lowest BCUT2D eigenvalue weighted by atomic mass is 9.83. The van der Waals surface area contributed by atoms with Gasteiger partial charge in [-0.25, -0.2) is 4.79 Å². The van der Waals surface area contributed by atoms with Gasteiger partial charge in [0.05, 0.1) is 17.4 Å². The maximum atomic E-state index is 13.5. The summed E-state index contributed by atoms with van der Waals surface area (Å²) in [7, 11) is 0. The molecule has 5 nitrogen and oxygen atoms in total. The maximum Gasteiger partial charge on any atom is 0.342 e. The van der Waals surface area contributed by atoms with Crippen LogP contribution < -0.4 is 5.32 Å². The molecule has 0 unspecified atom stereocenters. The van der Waals surface area contributed by atoms with E-state index in [1.807, 2.05) is 49.4 Å². The van der Waals surface area contributed by atoms with Gasteiger partial charge in [-0.15, -0.1) is 11.6 Å². The van der Waals surface area contributed by atoms with Crippen molar-refractivity contribution < 1.29 is 14.3 Å². The lowest BCUT2D eigenvalue weighted by molar-refractivity contribution is -0.142. The van der Waals surface area contributed by atoms with Crippen molar-refractivity contribution in [3.8, 4) is 0 Å². The van der Waals surface area contributed by atoms with E-state index in [-0.39, 0.29) is 12.0 Å². The fourth-order valence-corrected chi connectivity index (χ4v) is 3.86. The molecule has 0 radical (unpaired) electrons. The van der Waals surface area contributed by atoms with Crippen LogP contribution in [0.5, 0.6) is 0 Å². The van der Waals surface area contributed by atoms with Crippen LogP contribution in [-0.4, -0.2) is 29.4 Å². The van der Waals surface area contributed by atoms with Crippen LogP contribution >= 0.6 is 11.6 Å². The van der Waals surface area contributed by atoms with Crippen LogP contribution in [0.1, 0.15) is 50.5 Å². The number of hydrogen-bond donors (Lipinski definition) is 1. The zero-order valence-electron chi connectivity index (χ0n) is 19.8. The number of anilines is 1. The van der Waals surface area contributed by atoms with E-state index in [1.165, 1.54) is 0 Å². The Morgan fingerprint density at radius 3 is 2.45 bits per heavy atom. The van der Waals surface area contributed by atoms with Crippen molar-refractivity contribution in [2.45, 2.75) is 46.6 Å². The van der Waals surface area contributed by atoms with Gasteiger partial charge in [-0.2, -0.15) is 0 Å². The summed E-state index contributed by atoms with van der Waals surface area (Å²) in [6, 6.07) is 16.9.